The second-order valence-electron chi connectivity index (χ2n) is 6.15. The smallest absolute Gasteiger partial charge is 0.221 e. The molecule has 0 radical (unpaired) electrons. The molecule has 106 valence electrons. The Hall–Kier alpha value is -1.36. The second-order valence-corrected chi connectivity index (χ2v) is 6.15. The lowest BCUT2D eigenvalue weighted by atomic mass is 9.95. The molecule has 5 nitrogen and oxygen atoms in total. The van der Waals surface area contributed by atoms with Crippen LogP contribution in [0.4, 0.5) is 5.82 Å². The lowest BCUT2D eigenvalue weighted by molar-refractivity contribution is 0.165. The molecule has 1 unspecified atom stereocenters. The molecule has 0 spiro atoms. The highest BCUT2D eigenvalue weighted by atomic mass is 16.5. The summed E-state index contributed by atoms with van der Waals surface area (Å²) in [6.07, 6.45) is 1.05. The van der Waals surface area contributed by atoms with E-state index >= 15 is 0 Å². The molecule has 1 fully saturated rings. The molecule has 1 aliphatic rings. The number of nitrogens with two attached hydrogens (primary N) is 1. The fourth-order valence-corrected chi connectivity index (χ4v) is 1.90. The van der Waals surface area contributed by atoms with Crippen molar-refractivity contribution in [2.24, 2.45) is 5.92 Å². The van der Waals surface area contributed by atoms with E-state index < -0.39 is 0 Å². The second kappa shape index (κ2) is 5.33. The summed E-state index contributed by atoms with van der Waals surface area (Å²) < 4.78 is 11.2. The molecule has 19 heavy (non-hydrogen) atoms. The van der Waals surface area contributed by atoms with E-state index in [1.54, 1.807) is 0 Å². The van der Waals surface area contributed by atoms with Gasteiger partial charge < -0.3 is 15.2 Å². The minimum absolute atomic E-state index is 0.142. The Balaban J connectivity index is 2.16. The molecule has 1 saturated heterocycles. The van der Waals surface area contributed by atoms with Crippen LogP contribution in [-0.4, -0.2) is 29.8 Å². The maximum Gasteiger partial charge on any atom is 0.221 e. The summed E-state index contributed by atoms with van der Waals surface area (Å²) in [6.45, 7) is 10.3. The van der Waals surface area contributed by atoms with Gasteiger partial charge in [0.05, 0.1) is 18.8 Å². The monoisotopic (exact) mass is 265 g/mol. The molecule has 0 aromatic carbocycles. The normalized spacial score (nSPS) is 19.7. The zero-order valence-electron chi connectivity index (χ0n) is 12.2. The highest BCUT2D eigenvalue weighted by molar-refractivity contribution is 5.45. The number of aromatic nitrogens is 2. The van der Waals surface area contributed by atoms with Gasteiger partial charge in [-0.1, -0.05) is 20.8 Å². The first-order valence-corrected chi connectivity index (χ1v) is 6.73. The molecular weight excluding hydrogens is 242 g/mol. The third kappa shape index (κ3) is 3.35. The molecule has 5 heteroatoms. The van der Waals surface area contributed by atoms with Crippen molar-refractivity contribution in [1.82, 2.24) is 9.97 Å². The number of anilines is 1. The Kier molecular flexibility index (Phi) is 3.94. The quantitative estimate of drug-likeness (QED) is 0.906. The Labute approximate surface area is 114 Å². The van der Waals surface area contributed by atoms with Crippen LogP contribution in [0.3, 0.4) is 0 Å². The van der Waals surface area contributed by atoms with E-state index in [1.165, 1.54) is 0 Å². The highest BCUT2D eigenvalue weighted by Gasteiger charge is 2.22. The van der Waals surface area contributed by atoms with Crippen LogP contribution in [0.1, 0.15) is 38.6 Å². The summed E-state index contributed by atoms with van der Waals surface area (Å²) >= 11 is 0. The SMILES string of the molecule is Cc1c(N)nc(C(C)(C)C)nc1OCC1CCOC1. The topological polar surface area (TPSA) is 70.3 Å². The lowest BCUT2D eigenvalue weighted by Crippen LogP contribution is -2.20. The Morgan fingerprint density at radius 3 is 2.68 bits per heavy atom. The Morgan fingerprint density at radius 1 is 1.37 bits per heavy atom. The van der Waals surface area contributed by atoms with Crippen LogP contribution < -0.4 is 10.5 Å². The van der Waals surface area contributed by atoms with Crippen LogP contribution in [0.5, 0.6) is 5.88 Å². The van der Waals surface area contributed by atoms with Gasteiger partial charge in [-0.3, -0.25) is 0 Å². The molecule has 1 atom stereocenters. The summed E-state index contributed by atoms with van der Waals surface area (Å²) in [4.78, 5) is 8.86. The van der Waals surface area contributed by atoms with Crippen molar-refractivity contribution in [1.29, 1.82) is 0 Å². The minimum Gasteiger partial charge on any atom is -0.477 e. The van der Waals surface area contributed by atoms with E-state index in [9.17, 15) is 0 Å². The maximum absolute atomic E-state index is 5.95. The zero-order valence-corrected chi connectivity index (χ0v) is 12.2. The fraction of sp³-hybridized carbons (Fsp3) is 0.714. The average molecular weight is 265 g/mol. The molecule has 1 aromatic heterocycles. The van der Waals surface area contributed by atoms with Gasteiger partial charge in [-0.15, -0.1) is 0 Å². The maximum atomic E-state index is 5.95. The summed E-state index contributed by atoms with van der Waals surface area (Å²) in [6, 6.07) is 0. The van der Waals surface area contributed by atoms with Gasteiger partial charge in [-0.05, 0) is 13.3 Å². The minimum atomic E-state index is -0.142. The lowest BCUT2D eigenvalue weighted by Gasteiger charge is -2.20. The number of nitrogen functional groups attached to an aromatic ring is 1. The van der Waals surface area contributed by atoms with Crippen LogP contribution in [0, 0.1) is 12.8 Å². The largest absolute Gasteiger partial charge is 0.477 e. The standard InChI is InChI=1S/C14H23N3O2/c1-9-11(15)16-13(14(2,3)4)17-12(9)19-8-10-5-6-18-7-10/h10H,5-8H2,1-4H3,(H2,15,16,17). The summed E-state index contributed by atoms with van der Waals surface area (Å²) in [5, 5.41) is 0. The molecule has 2 heterocycles. The number of hydrogen-bond donors (Lipinski definition) is 1. The fourth-order valence-electron chi connectivity index (χ4n) is 1.90. The predicted octanol–water partition coefficient (Wildman–Crippen LogP) is 2.08. The van der Waals surface area contributed by atoms with Crippen molar-refractivity contribution in [2.75, 3.05) is 25.6 Å². The van der Waals surface area contributed by atoms with Gasteiger partial charge in [0.15, 0.2) is 0 Å². The van der Waals surface area contributed by atoms with E-state index in [4.69, 9.17) is 15.2 Å². The molecule has 1 aromatic rings. The van der Waals surface area contributed by atoms with Crippen LogP contribution >= 0.6 is 0 Å². The first kappa shape index (κ1) is 14.1. The molecule has 0 bridgehead atoms. The number of nitrogens with zero attached hydrogens (tertiary/aromatic N) is 2. The van der Waals surface area contributed by atoms with Gasteiger partial charge in [-0.25, -0.2) is 4.98 Å². The Morgan fingerprint density at radius 2 is 2.11 bits per heavy atom. The van der Waals surface area contributed by atoms with Crippen LogP contribution in [0.2, 0.25) is 0 Å². The molecule has 0 amide bonds. The number of rotatable bonds is 3. The summed E-state index contributed by atoms with van der Waals surface area (Å²) in [7, 11) is 0. The number of ether oxygens (including phenoxy) is 2. The third-order valence-corrected chi connectivity index (χ3v) is 3.29. The first-order chi connectivity index (χ1) is 8.88. The Bertz CT molecular complexity index is 449. The predicted molar refractivity (Wildman–Crippen MR) is 74.3 cm³/mol. The summed E-state index contributed by atoms with van der Waals surface area (Å²) in [5.41, 5.74) is 6.62. The van der Waals surface area contributed by atoms with E-state index in [0.717, 1.165) is 25.2 Å². The third-order valence-electron chi connectivity index (χ3n) is 3.29. The van der Waals surface area contributed by atoms with Crippen LogP contribution in [0.25, 0.3) is 0 Å². The average Bonchev–Trinajstić information content (AvgIpc) is 2.82. The molecule has 1 aliphatic heterocycles. The van der Waals surface area contributed by atoms with Crippen LogP contribution in [0.15, 0.2) is 0 Å². The van der Waals surface area contributed by atoms with Crippen LogP contribution in [-0.2, 0) is 10.2 Å². The zero-order chi connectivity index (χ0) is 14.0. The van der Waals surface area contributed by atoms with Gasteiger partial charge in [-0.2, -0.15) is 4.98 Å². The van der Waals surface area contributed by atoms with Crippen molar-refractivity contribution >= 4 is 5.82 Å². The molecule has 2 rings (SSSR count). The van der Waals surface area contributed by atoms with E-state index in [0.29, 0.717) is 30.0 Å². The van der Waals surface area contributed by atoms with Crippen molar-refractivity contribution in [2.45, 2.75) is 39.5 Å². The molecular formula is C14H23N3O2. The van der Waals surface area contributed by atoms with E-state index in [2.05, 4.69) is 30.7 Å². The van der Waals surface area contributed by atoms with Crippen molar-refractivity contribution in [3.8, 4) is 5.88 Å². The summed E-state index contributed by atoms with van der Waals surface area (Å²) in [5.74, 6) is 2.27. The van der Waals surface area contributed by atoms with E-state index in [-0.39, 0.29) is 5.41 Å². The molecule has 0 saturated carbocycles. The van der Waals surface area contributed by atoms with Gasteiger partial charge in [0, 0.05) is 17.9 Å². The van der Waals surface area contributed by atoms with Crippen molar-refractivity contribution in [3.63, 3.8) is 0 Å². The van der Waals surface area contributed by atoms with Crippen molar-refractivity contribution < 1.29 is 9.47 Å². The van der Waals surface area contributed by atoms with Gasteiger partial charge >= 0.3 is 0 Å². The first-order valence-electron chi connectivity index (χ1n) is 6.73. The highest BCUT2D eigenvalue weighted by Crippen LogP contribution is 2.26. The molecule has 0 aliphatic carbocycles. The van der Waals surface area contributed by atoms with E-state index in [1.807, 2.05) is 6.92 Å². The van der Waals surface area contributed by atoms with Gasteiger partial charge in [0.25, 0.3) is 0 Å². The molecule has 2 N–H and O–H groups in total. The number of hydrogen-bond acceptors (Lipinski definition) is 5. The van der Waals surface area contributed by atoms with Crippen molar-refractivity contribution in [3.05, 3.63) is 11.4 Å². The van der Waals surface area contributed by atoms with Gasteiger partial charge in [0.1, 0.15) is 11.6 Å². The van der Waals surface area contributed by atoms with Gasteiger partial charge in [0.2, 0.25) is 5.88 Å².